The molecular formula is C20H28ClN5O. The fourth-order valence-electron chi connectivity index (χ4n) is 4.07. The smallest absolute Gasteiger partial charge is 0.274 e. The van der Waals surface area contributed by atoms with Gasteiger partial charge in [0.25, 0.3) is 5.91 Å². The van der Waals surface area contributed by atoms with Crippen LogP contribution >= 0.6 is 12.4 Å². The van der Waals surface area contributed by atoms with E-state index in [0.717, 1.165) is 31.6 Å². The number of halogens is 1. The molecule has 2 fully saturated rings. The molecule has 2 aromatic rings. The molecule has 1 saturated carbocycles. The summed E-state index contributed by atoms with van der Waals surface area (Å²) in [5, 5.41) is 15.1. The molecule has 1 aliphatic heterocycles. The minimum Gasteiger partial charge on any atom is -0.343 e. The van der Waals surface area contributed by atoms with Crippen molar-refractivity contribution >= 4 is 18.3 Å². The second-order valence-corrected chi connectivity index (χ2v) is 7.50. The van der Waals surface area contributed by atoms with Crippen molar-refractivity contribution in [1.29, 1.82) is 0 Å². The molecule has 2 aliphatic rings. The third-order valence-electron chi connectivity index (χ3n) is 5.86. The number of nitrogens with one attached hydrogen (secondary N) is 2. The van der Waals surface area contributed by atoms with Gasteiger partial charge in [-0.1, -0.05) is 42.0 Å². The van der Waals surface area contributed by atoms with Crippen LogP contribution in [0.4, 0.5) is 0 Å². The number of hydrogen-bond donors (Lipinski definition) is 2. The van der Waals surface area contributed by atoms with Crippen LogP contribution < -0.4 is 10.6 Å². The van der Waals surface area contributed by atoms with Crippen molar-refractivity contribution in [2.45, 2.75) is 51.1 Å². The molecule has 146 valence electrons. The summed E-state index contributed by atoms with van der Waals surface area (Å²) in [5.41, 5.74) is 2.51. The number of hydrogen-bond acceptors (Lipinski definition) is 4. The van der Waals surface area contributed by atoms with Gasteiger partial charge >= 0.3 is 0 Å². The molecule has 0 spiro atoms. The SMILES string of the molecule is Cc1c(C(=O)NC(c2ccccc2)C2CCC2)nnn1C1CCNCC1.Cl. The number of benzene rings is 1. The predicted molar refractivity (Wildman–Crippen MR) is 107 cm³/mol. The summed E-state index contributed by atoms with van der Waals surface area (Å²) in [4.78, 5) is 13.0. The van der Waals surface area contributed by atoms with Crippen molar-refractivity contribution in [2.75, 3.05) is 13.1 Å². The quantitative estimate of drug-likeness (QED) is 0.823. The third kappa shape index (κ3) is 4.17. The van der Waals surface area contributed by atoms with Gasteiger partial charge in [-0.2, -0.15) is 0 Å². The molecule has 0 bridgehead atoms. The molecule has 2 heterocycles. The minimum atomic E-state index is -0.108. The monoisotopic (exact) mass is 389 g/mol. The Hall–Kier alpha value is -1.92. The Kier molecular flexibility index (Phi) is 6.50. The first-order valence-corrected chi connectivity index (χ1v) is 9.72. The number of piperidine rings is 1. The van der Waals surface area contributed by atoms with E-state index in [0.29, 0.717) is 17.7 Å². The summed E-state index contributed by atoms with van der Waals surface area (Å²) < 4.78 is 1.94. The van der Waals surface area contributed by atoms with Crippen LogP contribution in [-0.2, 0) is 0 Å². The molecule has 27 heavy (non-hydrogen) atoms. The van der Waals surface area contributed by atoms with Crippen LogP contribution in [0.3, 0.4) is 0 Å². The van der Waals surface area contributed by atoms with Gasteiger partial charge < -0.3 is 10.6 Å². The van der Waals surface area contributed by atoms with Gasteiger partial charge in [-0.3, -0.25) is 4.79 Å². The van der Waals surface area contributed by atoms with Gasteiger partial charge in [-0.05, 0) is 57.2 Å². The van der Waals surface area contributed by atoms with Gasteiger partial charge in [0.2, 0.25) is 0 Å². The van der Waals surface area contributed by atoms with Gasteiger partial charge in [0.05, 0.1) is 17.8 Å². The number of aromatic nitrogens is 3. The molecule has 4 rings (SSSR count). The van der Waals surface area contributed by atoms with Crippen LogP contribution in [-0.4, -0.2) is 34.0 Å². The number of nitrogens with zero attached hydrogens (tertiary/aromatic N) is 3. The molecule has 1 aliphatic carbocycles. The van der Waals surface area contributed by atoms with E-state index in [1.807, 2.05) is 29.8 Å². The van der Waals surface area contributed by atoms with Crippen molar-refractivity contribution in [3.05, 3.63) is 47.3 Å². The Labute approximate surface area is 166 Å². The van der Waals surface area contributed by atoms with Gasteiger partial charge in [0.15, 0.2) is 5.69 Å². The van der Waals surface area contributed by atoms with Gasteiger partial charge in [0, 0.05) is 0 Å². The van der Waals surface area contributed by atoms with Gasteiger partial charge in [-0.25, -0.2) is 4.68 Å². The van der Waals surface area contributed by atoms with E-state index in [-0.39, 0.29) is 24.4 Å². The number of carbonyl (C=O) groups excluding carboxylic acids is 1. The van der Waals surface area contributed by atoms with Crippen molar-refractivity contribution in [3.8, 4) is 0 Å². The number of carbonyl (C=O) groups is 1. The molecule has 1 saturated heterocycles. The predicted octanol–water partition coefficient (Wildman–Crippen LogP) is 3.20. The summed E-state index contributed by atoms with van der Waals surface area (Å²) in [6.45, 7) is 3.93. The summed E-state index contributed by atoms with van der Waals surface area (Å²) in [5.74, 6) is 0.407. The third-order valence-corrected chi connectivity index (χ3v) is 5.86. The molecule has 1 aromatic heterocycles. The first-order chi connectivity index (χ1) is 12.7. The lowest BCUT2D eigenvalue weighted by molar-refractivity contribution is 0.0894. The fraction of sp³-hybridized carbons (Fsp3) is 0.550. The Morgan fingerprint density at radius 1 is 1.19 bits per heavy atom. The molecule has 1 atom stereocenters. The van der Waals surface area contributed by atoms with Crippen molar-refractivity contribution in [2.24, 2.45) is 5.92 Å². The van der Waals surface area contributed by atoms with Gasteiger partial charge in [0.1, 0.15) is 0 Å². The Morgan fingerprint density at radius 2 is 1.89 bits per heavy atom. The zero-order valence-corrected chi connectivity index (χ0v) is 16.5. The van der Waals surface area contributed by atoms with Crippen LogP contribution in [0.5, 0.6) is 0 Å². The molecule has 2 N–H and O–H groups in total. The summed E-state index contributed by atoms with van der Waals surface area (Å²) in [6.07, 6.45) is 5.63. The first kappa shape index (κ1) is 19.8. The zero-order valence-electron chi connectivity index (χ0n) is 15.7. The Bertz CT molecular complexity index is 753. The van der Waals surface area contributed by atoms with E-state index in [2.05, 4.69) is 33.1 Å². The molecule has 1 unspecified atom stereocenters. The highest BCUT2D eigenvalue weighted by molar-refractivity contribution is 5.93. The normalized spacial score (nSPS) is 19.0. The second kappa shape index (κ2) is 8.85. The average molecular weight is 390 g/mol. The maximum absolute atomic E-state index is 13.0. The van der Waals surface area contributed by atoms with Crippen molar-refractivity contribution in [3.63, 3.8) is 0 Å². The van der Waals surface area contributed by atoms with Crippen LogP contribution in [0.25, 0.3) is 0 Å². The molecular weight excluding hydrogens is 362 g/mol. The first-order valence-electron chi connectivity index (χ1n) is 9.72. The topological polar surface area (TPSA) is 71.8 Å². The lowest BCUT2D eigenvalue weighted by atomic mass is 9.77. The lowest BCUT2D eigenvalue weighted by Crippen LogP contribution is -2.36. The van der Waals surface area contributed by atoms with Crippen LogP contribution in [0, 0.1) is 12.8 Å². The Morgan fingerprint density at radius 3 is 2.52 bits per heavy atom. The van der Waals surface area contributed by atoms with Crippen molar-refractivity contribution < 1.29 is 4.79 Å². The molecule has 1 amide bonds. The standard InChI is InChI=1S/C20H27N5O.ClH/c1-14-18(23-24-25(14)17-10-12-21-13-11-17)20(26)22-19(16-8-5-9-16)15-6-3-2-4-7-15;/h2-4,6-7,16-17,19,21H,5,8-13H2,1H3,(H,22,26);1H. The zero-order chi connectivity index (χ0) is 17.9. The van der Waals surface area contributed by atoms with Gasteiger partial charge in [-0.15, -0.1) is 17.5 Å². The molecule has 0 radical (unpaired) electrons. The highest BCUT2D eigenvalue weighted by Crippen LogP contribution is 2.37. The van der Waals surface area contributed by atoms with E-state index in [4.69, 9.17) is 0 Å². The fourth-order valence-corrected chi connectivity index (χ4v) is 4.07. The number of amides is 1. The second-order valence-electron chi connectivity index (χ2n) is 7.50. The van der Waals surface area contributed by atoms with Crippen LogP contribution in [0.15, 0.2) is 30.3 Å². The van der Waals surface area contributed by atoms with Crippen LogP contribution in [0.1, 0.15) is 65.9 Å². The molecule has 1 aromatic carbocycles. The highest BCUT2D eigenvalue weighted by Gasteiger charge is 2.31. The average Bonchev–Trinajstić information content (AvgIpc) is 3.02. The van der Waals surface area contributed by atoms with E-state index in [1.54, 1.807) is 0 Å². The van der Waals surface area contributed by atoms with Crippen LogP contribution in [0.2, 0.25) is 0 Å². The summed E-state index contributed by atoms with van der Waals surface area (Å²) in [7, 11) is 0. The maximum Gasteiger partial charge on any atom is 0.274 e. The minimum absolute atomic E-state index is 0. The highest BCUT2D eigenvalue weighted by atomic mass is 35.5. The van der Waals surface area contributed by atoms with E-state index in [1.165, 1.54) is 24.8 Å². The van der Waals surface area contributed by atoms with Crippen molar-refractivity contribution in [1.82, 2.24) is 25.6 Å². The number of rotatable bonds is 5. The van der Waals surface area contributed by atoms with E-state index >= 15 is 0 Å². The molecule has 6 nitrogen and oxygen atoms in total. The van der Waals surface area contributed by atoms with E-state index in [9.17, 15) is 4.79 Å². The maximum atomic E-state index is 13.0. The summed E-state index contributed by atoms with van der Waals surface area (Å²) in [6, 6.07) is 10.7. The largest absolute Gasteiger partial charge is 0.343 e. The van der Waals surface area contributed by atoms with E-state index < -0.39 is 0 Å². The molecule has 7 heteroatoms. The summed E-state index contributed by atoms with van der Waals surface area (Å²) >= 11 is 0. The Balaban J connectivity index is 0.00000210. The lowest BCUT2D eigenvalue weighted by Gasteiger charge is -2.34.